The molecule has 23 heavy (non-hydrogen) atoms. The zero-order valence-electron chi connectivity index (χ0n) is 13.5. The molecule has 5 heteroatoms. The summed E-state index contributed by atoms with van der Waals surface area (Å²) >= 11 is 0. The number of hydrogen-bond donors (Lipinski definition) is 1. The lowest BCUT2D eigenvalue weighted by Crippen LogP contribution is -2.42. The fourth-order valence-corrected chi connectivity index (χ4v) is 4.13. The highest BCUT2D eigenvalue weighted by Crippen LogP contribution is 2.40. The Morgan fingerprint density at radius 2 is 1.91 bits per heavy atom. The van der Waals surface area contributed by atoms with Gasteiger partial charge in [-0.3, -0.25) is 14.5 Å². The zero-order chi connectivity index (χ0) is 16.4. The Hall–Kier alpha value is -1.88. The van der Waals surface area contributed by atoms with Gasteiger partial charge in [-0.05, 0) is 42.9 Å². The minimum absolute atomic E-state index is 0.131. The molecule has 1 amide bonds. The van der Waals surface area contributed by atoms with Crippen LogP contribution in [0.1, 0.15) is 48.0 Å². The quantitative estimate of drug-likeness (QED) is 0.863. The number of carbonyl (C=O) groups excluding carboxylic acids is 2. The lowest BCUT2D eigenvalue weighted by atomic mass is 9.84. The SMILES string of the molecule is COC(=O)C1CC2CCCCC2N1Cc1ccc(C(N)=O)cc1. The summed E-state index contributed by atoms with van der Waals surface area (Å²) in [6.45, 7) is 0.708. The number of primary amides is 1. The van der Waals surface area contributed by atoms with Gasteiger partial charge in [-0.25, -0.2) is 0 Å². The van der Waals surface area contributed by atoms with Gasteiger partial charge in [0.1, 0.15) is 6.04 Å². The molecule has 3 rings (SSSR count). The van der Waals surface area contributed by atoms with Crippen LogP contribution in [-0.2, 0) is 16.1 Å². The van der Waals surface area contributed by atoms with Crippen molar-refractivity contribution >= 4 is 11.9 Å². The van der Waals surface area contributed by atoms with E-state index in [1.807, 2.05) is 12.1 Å². The van der Waals surface area contributed by atoms with Crippen LogP contribution in [0.25, 0.3) is 0 Å². The Balaban J connectivity index is 1.79. The van der Waals surface area contributed by atoms with Gasteiger partial charge in [-0.2, -0.15) is 0 Å². The number of carbonyl (C=O) groups is 2. The van der Waals surface area contributed by atoms with Gasteiger partial charge in [0.25, 0.3) is 0 Å². The van der Waals surface area contributed by atoms with Gasteiger partial charge in [0, 0.05) is 18.2 Å². The highest BCUT2D eigenvalue weighted by atomic mass is 16.5. The number of benzene rings is 1. The van der Waals surface area contributed by atoms with E-state index in [2.05, 4.69) is 4.90 Å². The summed E-state index contributed by atoms with van der Waals surface area (Å²) < 4.78 is 5.02. The molecule has 0 bridgehead atoms. The van der Waals surface area contributed by atoms with Crippen LogP contribution in [0, 0.1) is 5.92 Å². The molecule has 0 aromatic heterocycles. The van der Waals surface area contributed by atoms with E-state index in [4.69, 9.17) is 10.5 Å². The van der Waals surface area contributed by atoms with Gasteiger partial charge in [-0.1, -0.05) is 25.0 Å². The van der Waals surface area contributed by atoms with Crippen molar-refractivity contribution in [3.8, 4) is 0 Å². The molecule has 2 fully saturated rings. The number of nitrogens with two attached hydrogens (primary N) is 1. The molecule has 0 radical (unpaired) electrons. The first-order chi connectivity index (χ1) is 11.1. The maximum atomic E-state index is 12.2. The fraction of sp³-hybridized carbons (Fsp3) is 0.556. The van der Waals surface area contributed by atoms with Crippen LogP contribution >= 0.6 is 0 Å². The summed E-state index contributed by atoms with van der Waals surface area (Å²) in [5.74, 6) is 0.0448. The molecule has 5 nitrogen and oxygen atoms in total. The van der Waals surface area contributed by atoms with Crippen molar-refractivity contribution in [1.29, 1.82) is 0 Å². The Kier molecular flexibility index (Phi) is 4.66. The average Bonchev–Trinajstić information content (AvgIpc) is 2.93. The smallest absolute Gasteiger partial charge is 0.323 e. The summed E-state index contributed by atoms with van der Waals surface area (Å²) in [5.41, 5.74) is 6.89. The third-order valence-electron chi connectivity index (χ3n) is 5.30. The summed E-state index contributed by atoms with van der Waals surface area (Å²) in [6.07, 6.45) is 5.74. The Bertz CT molecular complexity index is 584. The second kappa shape index (κ2) is 6.71. The highest BCUT2D eigenvalue weighted by molar-refractivity contribution is 5.92. The van der Waals surface area contributed by atoms with E-state index in [0.29, 0.717) is 24.1 Å². The zero-order valence-corrected chi connectivity index (χ0v) is 13.5. The first-order valence-electron chi connectivity index (χ1n) is 8.32. The first kappa shape index (κ1) is 16.0. The molecule has 1 saturated carbocycles. The monoisotopic (exact) mass is 316 g/mol. The molecule has 124 valence electrons. The molecule has 1 aliphatic heterocycles. The molecule has 2 N–H and O–H groups in total. The Morgan fingerprint density at radius 3 is 2.57 bits per heavy atom. The van der Waals surface area contributed by atoms with Gasteiger partial charge in [0.15, 0.2) is 0 Å². The molecule has 2 aliphatic rings. The van der Waals surface area contributed by atoms with Crippen LogP contribution in [0.5, 0.6) is 0 Å². The van der Waals surface area contributed by atoms with Crippen molar-refractivity contribution in [1.82, 2.24) is 4.90 Å². The van der Waals surface area contributed by atoms with Crippen molar-refractivity contribution in [2.45, 2.75) is 50.7 Å². The van der Waals surface area contributed by atoms with E-state index in [0.717, 1.165) is 18.4 Å². The molecular formula is C18H24N2O3. The molecule has 1 saturated heterocycles. The van der Waals surface area contributed by atoms with E-state index in [-0.39, 0.29) is 12.0 Å². The molecule has 1 aromatic rings. The third kappa shape index (κ3) is 3.24. The largest absolute Gasteiger partial charge is 0.468 e. The number of rotatable bonds is 4. The van der Waals surface area contributed by atoms with Crippen LogP contribution in [0.2, 0.25) is 0 Å². The van der Waals surface area contributed by atoms with Crippen LogP contribution < -0.4 is 5.73 Å². The highest BCUT2D eigenvalue weighted by Gasteiger charge is 2.45. The van der Waals surface area contributed by atoms with Crippen LogP contribution in [-0.4, -0.2) is 36.0 Å². The second-order valence-electron chi connectivity index (χ2n) is 6.62. The molecule has 1 aromatic carbocycles. The van der Waals surface area contributed by atoms with Crippen molar-refractivity contribution in [3.63, 3.8) is 0 Å². The Morgan fingerprint density at radius 1 is 1.22 bits per heavy atom. The summed E-state index contributed by atoms with van der Waals surface area (Å²) in [4.78, 5) is 25.7. The van der Waals surface area contributed by atoms with E-state index < -0.39 is 5.91 Å². The van der Waals surface area contributed by atoms with Gasteiger partial charge < -0.3 is 10.5 Å². The normalized spacial score (nSPS) is 27.4. The lowest BCUT2D eigenvalue weighted by molar-refractivity contribution is -0.146. The van der Waals surface area contributed by atoms with Crippen LogP contribution in [0.15, 0.2) is 24.3 Å². The summed E-state index contributed by atoms with van der Waals surface area (Å²) in [6, 6.07) is 7.65. The standard InChI is InChI=1S/C18H24N2O3/c1-23-18(22)16-10-14-4-2-3-5-15(14)20(16)11-12-6-8-13(9-7-12)17(19)21/h6-9,14-16H,2-5,10-11H2,1H3,(H2,19,21). The van der Waals surface area contributed by atoms with E-state index in [9.17, 15) is 9.59 Å². The van der Waals surface area contributed by atoms with Gasteiger partial charge in [0.05, 0.1) is 7.11 Å². The summed E-state index contributed by atoms with van der Waals surface area (Å²) in [7, 11) is 1.46. The maximum absolute atomic E-state index is 12.2. The number of esters is 1. The number of fused-ring (bicyclic) bond motifs is 1. The fourth-order valence-electron chi connectivity index (χ4n) is 4.13. The molecule has 1 aliphatic carbocycles. The number of nitrogens with zero attached hydrogens (tertiary/aromatic N) is 1. The number of amides is 1. The average molecular weight is 316 g/mol. The van der Waals surface area contributed by atoms with Crippen LogP contribution in [0.4, 0.5) is 0 Å². The maximum Gasteiger partial charge on any atom is 0.323 e. The van der Waals surface area contributed by atoms with E-state index in [1.54, 1.807) is 12.1 Å². The molecule has 0 spiro atoms. The Labute approximate surface area is 136 Å². The van der Waals surface area contributed by atoms with E-state index >= 15 is 0 Å². The molecule has 1 heterocycles. The second-order valence-corrected chi connectivity index (χ2v) is 6.62. The van der Waals surface area contributed by atoms with Crippen molar-refractivity contribution in [2.24, 2.45) is 11.7 Å². The first-order valence-corrected chi connectivity index (χ1v) is 8.32. The van der Waals surface area contributed by atoms with Gasteiger partial charge in [-0.15, -0.1) is 0 Å². The number of methoxy groups -OCH3 is 1. The van der Waals surface area contributed by atoms with Crippen molar-refractivity contribution in [3.05, 3.63) is 35.4 Å². The van der Waals surface area contributed by atoms with Crippen molar-refractivity contribution < 1.29 is 14.3 Å². The lowest BCUT2D eigenvalue weighted by Gasteiger charge is -2.33. The number of ether oxygens (including phenoxy) is 1. The van der Waals surface area contributed by atoms with Gasteiger partial charge >= 0.3 is 5.97 Å². The predicted molar refractivity (Wildman–Crippen MR) is 86.7 cm³/mol. The minimum Gasteiger partial charge on any atom is -0.468 e. The number of likely N-dealkylation sites (tertiary alicyclic amines) is 1. The number of hydrogen-bond acceptors (Lipinski definition) is 4. The predicted octanol–water partition coefficient (Wildman–Crippen LogP) is 2.09. The van der Waals surface area contributed by atoms with Crippen LogP contribution in [0.3, 0.4) is 0 Å². The minimum atomic E-state index is -0.419. The summed E-state index contributed by atoms with van der Waals surface area (Å²) in [5, 5.41) is 0. The van der Waals surface area contributed by atoms with Gasteiger partial charge in [0.2, 0.25) is 5.91 Å². The topological polar surface area (TPSA) is 72.6 Å². The van der Waals surface area contributed by atoms with Crippen molar-refractivity contribution in [2.75, 3.05) is 7.11 Å². The third-order valence-corrected chi connectivity index (χ3v) is 5.30. The molecule has 3 unspecified atom stereocenters. The molecule has 3 atom stereocenters. The molecular weight excluding hydrogens is 292 g/mol. The van der Waals surface area contributed by atoms with E-state index in [1.165, 1.54) is 26.4 Å².